The van der Waals surface area contributed by atoms with Crippen molar-refractivity contribution in [2.24, 2.45) is 7.05 Å². The third kappa shape index (κ3) is 4.89. The predicted molar refractivity (Wildman–Crippen MR) is 120 cm³/mol. The molecule has 2 aromatic carbocycles. The van der Waals surface area contributed by atoms with Gasteiger partial charge in [0.2, 0.25) is 5.91 Å². The van der Waals surface area contributed by atoms with Crippen LogP contribution in [0.5, 0.6) is 0 Å². The summed E-state index contributed by atoms with van der Waals surface area (Å²) >= 11 is 6.11. The highest BCUT2D eigenvalue weighted by atomic mass is 35.5. The number of hydrogen-bond acceptors (Lipinski definition) is 4. The first kappa shape index (κ1) is 21.3. The molecule has 1 aliphatic heterocycles. The van der Waals surface area contributed by atoms with Crippen LogP contribution in [0.15, 0.2) is 42.5 Å². The van der Waals surface area contributed by atoms with Gasteiger partial charge in [-0.25, -0.2) is 4.98 Å². The lowest BCUT2D eigenvalue weighted by molar-refractivity contribution is -0.130. The van der Waals surface area contributed by atoms with E-state index in [1.54, 1.807) is 24.3 Å². The molecule has 2 N–H and O–H groups in total. The number of ether oxygens (including phenoxy) is 1. The number of amides is 2. The van der Waals surface area contributed by atoms with Gasteiger partial charge in [-0.15, -0.1) is 0 Å². The van der Waals surface area contributed by atoms with Gasteiger partial charge in [0.25, 0.3) is 5.91 Å². The third-order valence-corrected chi connectivity index (χ3v) is 5.78. The molecule has 1 atom stereocenters. The lowest BCUT2D eigenvalue weighted by Crippen LogP contribution is -2.34. The molecule has 4 rings (SSSR count). The van der Waals surface area contributed by atoms with Crippen molar-refractivity contribution in [2.75, 3.05) is 18.5 Å². The van der Waals surface area contributed by atoms with Crippen LogP contribution in [0.25, 0.3) is 11.0 Å². The summed E-state index contributed by atoms with van der Waals surface area (Å²) in [6.45, 7) is 1.25. The molecule has 0 saturated carbocycles. The number of fused-ring (bicyclic) bond motifs is 1. The Balaban J connectivity index is 1.37. The van der Waals surface area contributed by atoms with Gasteiger partial charge in [0, 0.05) is 32.3 Å². The molecule has 0 radical (unpaired) electrons. The lowest BCUT2D eigenvalue weighted by Gasteiger charge is -2.10. The molecule has 2 heterocycles. The van der Waals surface area contributed by atoms with E-state index in [2.05, 4.69) is 10.6 Å². The van der Waals surface area contributed by atoms with Gasteiger partial charge < -0.3 is 19.9 Å². The minimum atomic E-state index is -0.296. The van der Waals surface area contributed by atoms with Gasteiger partial charge in [-0.3, -0.25) is 9.59 Å². The van der Waals surface area contributed by atoms with E-state index in [9.17, 15) is 9.59 Å². The Hall–Kier alpha value is -2.90. The highest BCUT2D eigenvalue weighted by Crippen LogP contribution is 2.22. The van der Waals surface area contributed by atoms with Crippen molar-refractivity contribution in [2.45, 2.75) is 31.8 Å². The number of aryl methyl sites for hydroxylation is 2. The second kappa shape index (κ2) is 9.49. The molecule has 1 fully saturated rings. The third-order valence-electron chi connectivity index (χ3n) is 5.45. The number of carbonyl (C=O) groups is 2. The summed E-state index contributed by atoms with van der Waals surface area (Å²) in [7, 11) is 1.97. The molecular weight excluding hydrogens is 416 g/mol. The van der Waals surface area contributed by atoms with Crippen LogP contribution in [-0.2, 0) is 23.0 Å². The fourth-order valence-electron chi connectivity index (χ4n) is 3.75. The topological polar surface area (TPSA) is 85.2 Å². The van der Waals surface area contributed by atoms with Crippen molar-refractivity contribution in [1.82, 2.24) is 14.9 Å². The number of carbonyl (C=O) groups excluding carboxylic acids is 2. The van der Waals surface area contributed by atoms with Crippen LogP contribution in [0.1, 0.15) is 35.4 Å². The first-order valence-electron chi connectivity index (χ1n) is 10.4. The summed E-state index contributed by atoms with van der Waals surface area (Å²) in [6.07, 6.45) is 2.96. The zero-order chi connectivity index (χ0) is 21.8. The molecule has 0 bridgehead atoms. The Morgan fingerprint density at radius 2 is 2.10 bits per heavy atom. The summed E-state index contributed by atoms with van der Waals surface area (Å²) in [5.74, 6) is 0.639. The van der Waals surface area contributed by atoms with Crippen molar-refractivity contribution >= 4 is 40.1 Å². The van der Waals surface area contributed by atoms with Crippen LogP contribution in [0.4, 0.5) is 5.69 Å². The van der Waals surface area contributed by atoms with Crippen LogP contribution in [0.3, 0.4) is 0 Å². The van der Waals surface area contributed by atoms with Gasteiger partial charge in [0.05, 0.1) is 21.6 Å². The fourth-order valence-corrected chi connectivity index (χ4v) is 3.97. The monoisotopic (exact) mass is 440 g/mol. The maximum atomic E-state index is 12.5. The summed E-state index contributed by atoms with van der Waals surface area (Å²) in [5, 5.41) is 6.23. The van der Waals surface area contributed by atoms with Crippen LogP contribution in [0.2, 0.25) is 5.02 Å². The molecule has 162 valence electrons. The van der Waals surface area contributed by atoms with E-state index in [0.29, 0.717) is 29.4 Å². The molecule has 1 saturated heterocycles. The molecule has 1 aliphatic rings. The summed E-state index contributed by atoms with van der Waals surface area (Å²) < 4.78 is 7.44. The minimum absolute atomic E-state index is 0.0265. The van der Waals surface area contributed by atoms with Crippen molar-refractivity contribution in [1.29, 1.82) is 0 Å². The van der Waals surface area contributed by atoms with E-state index in [-0.39, 0.29) is 17.9 Å². The van der Waals surface area contributed by atoms with Gasteiger partial charge in [0.15, 0.2) is 0 Å². The van der Waals surface area contributed by atoms with E-state index in [0.717, 1.165) is 42.5 Å². The van der Waals surface area contributed by atoms with Gasteiger partial charge in [0.1, 0.15) is 11.9 Å². The van der Waals surface area contributed by atoms with E-state index < -0.39 is 0 Å². The molecule has 0 aliphatic carbocycles. The second-order valence-electron chi connectivity index (χ2n) is 7.62. The number of benzene rings is 2. The van der Waals surface area contributed by atoms with Crippen molar-refractivity contribution in [3.8, 4) is 0 Å². The van der Waals surface area contributed by atoms with Gasteiger partial charge in [-0.05, 0) is 49.6 Å². The standard InChI is InChI=1S/C23H25ClN4O3/c1-28-19-11-10-15(26-22(29)16-6-2-3-7-17(16)24)14-18(19)27-21(28)9-4-12-25-23(30)20-8-5-13-31-20/h2-3,6-7,10-11,14,20H,4-5,8-9,12-13H2,1H3,(H,25,30)(H,26,29). The summed E-state index contributed by atoms with van der Waals surface area (Å²) in [4.78, 5) is 29.2. The summed E-state index contributed by atoms with van der Waals surface area (Å²) in [5.41, 5.74) is 2.87. The SMILES string of the molecule is Cn1c(CCCNC(=O)C2CCCO2)nc2cc(NC(=O)c3ccccc3Cl)ccc21. The van der Waals surface area contributed by atoms with E-state index in [1.807, 2.05) is 29.8 Å². The zero-order valence-electron chi connectivity index (χ0n) is 17.4. The average molecular weight is 441 g/mol. The Kier molecular flexibility index (Phi) is 6.53. The first-order chi connectivity index (χ1) is 15.0. The lowest BCUT2D eigenvalue weighted by atomic mass is 10.2. The molecule has 31 heavy (non-hydrogen) atoms. The number of hydrogen-bond donors (Lipinski definition) is 2. The number of aromatic nitrogens is 2. The second-order valence-corrected chi connectivity index (χ2v) is 8.03. The Morgan fingerprint density at radius 3 is 2.87 bits per heavy atom. The highest BCUT2D eigenvalue weighted by molar-refractivity contribution is 6.34. The molecule has 0 spiro atoms. The molecule has 8 heteroatoms. The molecular formula is C23H25ClN4O3. The predicted octanol–water partition coefficient (Wildman–Crippen LogP) is 3.71. The quantitative estimate of drug-likeness (QED) is 0.548. The summed E-state index contributed by atoms with van der Waals surface area (Å²) in [6, 6.07) is 12.6. The molecule has 1 aromatic heterocycles. The van der Waals surface area contributed by atoms with Crippen molar-refractivity contribution in [3.63, 3.8) is 0 Å². The van der Waals surface area contributed by atoms with Crippen LogP contribution in [0, 0.1) is 0 Å². The highest BCUT2D eigenvalue weighted by Gasteiger charge is 2.22. The number of imidazole rings is 1. The maximum absolute atomic E-state index is 12.5. The van der Waals surface area contributed by atoms with Gasteiger partial charge in [-0.1, -0.05) is 23.7 Å². The molecule has 1 unspecified atom stereocenters. The van der Waals surface area contributed by atoms with Crippen LogP contribution in [-0.4, -0.2) is 40.6 Å². The normalized spacial score (nSPS) is 15.9. The number of nitrogens with one attached hydrogen (secondary N) is 2. The Morgan fingerprint density at radius 1 is 1.26 bits per heavy atom. The number of nitrogens with zero attached hydrogens (tertiary/aromatic N) is 2. The molecule has 2 amide bonds. The number of rotatable bonds is 7. The van der Waals surface area contributed by atoms with E-state index in [1.165, 1.54) is 0 Å². The fraction of sp³-hybridized carbons (Fsp3) is 0.348. The van der Waals surface area contributed by atoms with Crippen molar-refractivity contribution in [3.05, 3.63) is 58.9 Å². The Bertz CT molecular complexity index is 1110. The van der Waals surface area contributed by atoms with Crippen LogP contribution < -0.4 is 10.6 Å². The van der Waals surface area contributed by atoms with Gasteiger partial charge >= 0.3 is 0 Å². The van der Waals surface area contributed by atoms with Crippen LogP contribution >= 0.6 is 11.6 Å². The van der Waals surface area contributed by atoms with Gasteiger partial charge in [-0.2, -0.15) is 0 Å². The largest absolute Gasteiger partial charge is 0.368 e. The zero-order valence-corrected chi connectivity index (χ0v) is 18.1. The average Bonchev–Trinajstić information content (AvgIpc) is 3.40. The Labute approximate surface area is 185 Å². The molecule has 3 aromatic rings. The minimum Gasteiger partial charge on any atom is -0.368 e. The number of halogens is 1. The van der Waals surface area contributed by atoms with Crippen molar-refractivity contribution < 1.29 is 14.3 Å². The first-order valence-corrected chi connectivity index (χ1v) is 10.8. The smallest absolute Gasteiger partial charge is 0.257 e. The number of anilines is 1. The van der Waals surface area contributed by atoms with E-state index in [4.69, 9.17) is 21.3 Å². The van der Waals surface area contributed by atoms with E-state index >= 15 is 0 Å². The maximum Gasteiger partial charge on any atom is 0.257 e. The molecule has 7 nitrogen and oxygen atoms in total.